The maximum Gasteiger partial charge on any atom is 0.433 e. The lowest BCUT2D eigenvalue weighted by molar-refractivity contribution is -0.153. The summed E-state index contributed by atoms with van der Waals surface area (Å²) in [4.78, 5) is 19.6. The third kappa shape index (κ3) is 4.47. The van der Waals surface area contributed by atoms with E-state index in [1.165, 1.54) is 0 Å². The van der Waals surface area contributed by atoms with Gasteiger partial charge in [0.25, 0.3) is 5.91 Å². The van der Waals surface area contributed by atoms with Gasteiger partial charge in [-0.3, -0.25) is 9.78 Å². The molecule has 14 heteroatoms. The molecule has 1 amide bonds. The highest BCUT2D eigenvalue weighted by molar-refractivity contribution is 6.12. The molecule has 0 bridgehead atoms. The van der Waals surface area contributed by atoms with Crippen LogP contribution in [0.2, 0.25) is 0 Å². The van der Waals surface area contributed by atoms with E-state index in [0.717, 1.165) is 29.2 Å². The van der Waals surface area contributed by atoms with Crippen molar-refractivity contribution < 1.29 is 35.9 Å². The van der Waals surface area contributed by atoms with Gasteiger partial charge >= 0.3 is 12.4 Å². The van der Waals surface area contributed by atoms with E-state index in [9.17, 15) is 31.1 Å². The third-order valence-electron chi connectivity index (χ3n) is 3.45. The van der Waals surface area contributed by atoms with Crippen molar-refractivity contribution in [3.8, 4) is 5.75 Å². The molecule has 0 saturated carbocycles. The first-order valence-electron chi connectivity index (χ1n) is 7.62. The lowest BCUT2D eigenvalue weighted by atomic mass is 10.2. The molecule has 3 aromatic rings. The molecular weight excluding hydrogens is 410 g/mol. The van der Waals surface area contributed by atoms with E-state index in [1.807, 2.05) is 0 Å². The standard InChI is InChI=1S/C15H10F6N6O2/c16-14(17,18)6-29-8-1-3-23-5-7(8)24-13(28)10-11(22)26-27-4-2-9(15(19,20)21)25-12(10)27/h1-5H,6H2,(H2,22,26)(H,24,28). The van der Waals surface area contributed by atoms with Crippen LogP contribution in [-0.4, -0.2) is 38.3 Å². The van der Waals surface area contributed by atoms with Crippen LogP contribution >= 0.6 is 0 Å². The largest absolute Gasteiger partial charge is 0.482 e. The first-order valence-corrected chi connectivity index (χ1v) is 7.62. The van der Waals surface area contributed by atoms with Crippen LogP contribution in [0, 0.1) is 0 Å². The first kappa shape index (κ1) is 20.2. The number of alkyl halides is 6. The fraction of sp³-hybridized carbons (Fsp3) is 0.200. The Balaban J connectivity index is 1.94. The van der Waals surface area contributed by atoms with Crippen LogP contribution in [0.5, 0.6) is 5.75 Å². The monoisotopic (exact) mass is 420 g/mol. The van der Waals surface area contributed by atoms with Crippen molar-refractivity contribution in [3.05, 3.63) is 42.0 Å². The maximum absolute atomic E-state index is 12.9. The van der Waals surface area contributed by atoms with Gasteiger partial charge in [0.05, 0.1) is 6.20 Å². The number of hydrogen-bond donors (Lipinski definition) is 2. The molecule has 3 heterocycles. The second-order valence-corrected chi connectivity index (χ2v) is 5.57. The maximum atomic E-state index is 12.9. The molecule has 3 N–H and O–H groups in total. The van der Waals surface area contributed by atoms with Crippen LogP contribution in [-0.2, 0) is 6.18 Å². The number of halogens is 6. The van der Waals surface area contributed by atoms with E-state index in [-0.39, 0.29) is 11.4 Å². The number of nitrogens with two attached hydrogens (primary N) is 1. The number of rotatable bonds is 4. The zero-order chi connectivity index (χ0) is 21.4. The predicted octanol–water partition coefficient (Wildman–Crippen LogP) is 2.92. The van der Waals surface area contributed by atoms with Crippen LogP contribution < -0.4 is 15.8 Å². The van der Waals surface area contributed by atoms with Gasteiger partial charge in [0.1, 0.15) is 22.7 Å². The summed E-state index contributed by atoms with van der Waals surface area (Å²) in [6.45, 7) is -1.63. The molecule has 8 nitrogen and oxygen atoms in total. The van der Waals surface area contributed by atoms with Gasteiger partial charge < -0.3 is 15.8 Å². The predicted molar refractivity (Wildman–Crippen MR) is 86.1 cm³/mol. The molecule has 3 aromatic heterocycles. The van der Waals surface area contributed by atoms with Gasteiger partial charge in [-0.15, -0.1) is 5.10 Å². The highest BCUT2D eigenvalue weighted by atomic mass is 19.4. The highest BCUT2D eigenvalue weighted by Crippen LogP contribution is 2.30. The molecule has 0 aliphatic rings. The van der Waals surface area contributed by atoms with Crippen LogP contribution in [0.3, 0.4) is 0 Å². The van der Waals surface area contributed by atoms with Crippen LogP contribution in [0.1, 0.15) is 16.1 Å². The van der Waals surface area contributed by atoms with Crippen molar-refractivity contribution in [1.29, 1.82) is 0 Å². The van der Waals surface area contributed by atoms with Gasteiger partial charge in [-0.1, -0.05) is 0 Å². The Bertz CT molecular complexity index is 1060. The van der Waals surface area contributed by atoms with Crippen LogP contribution in [0.4, 0.5) is 37.8 Å². The van der Waals surface area contributed by atoms with Gasteiger partial charge in [-0.2, -0.15) is 26.3 Å². The summed E-state index contributed by atoms with van der Waals surface area (Å²) in [7, 11) is 0. The van der Waals surface area contributed by atoms with Crippen molar-refractivity contribution in [3.63, 3.8) is 0 Å². The molecule has 0 aromatic carbocycles. The minimum atomic E-state index is -4.78. The number of carbonyl (C=O) groups is 1. The second kappa shape index (κ2) is 7.10. The van der Waals surface area contributed by atoms with Crippen molar-refractivity contribution in [2.75, 3.05) is 17.7 Å². The molecule has 29 heavy (non-hydrogen) atoms. The van der Waals surface area contributed by atoms with Crippen LogP contribution in [0.25, 0.3) is 5.65 Å². The molecule has 0 aliphatic carbocycles. The minimum Gasteiger partial charge on any atom is -0.482 e. The molecule has 0 atom stereocenters. The average Bonchev–Trinajstić information content (AvgIpc) is 2.94. The van der Waals surface area contributed by atoms with Crippen molar-refractivity contribution >= 4 is 23.1 Å². The Kier molecular flexibility index (Phi) is 4.94. The summed E-state index contributed by atoms with van der Waals surface area (Å²) < 4.78 is 81.3. The zero-order valence-corrected chi connectivity index (χ0v) is 14.0. The highest BCUT2D eigenvalue weighted by Gasteiger charge is 2.34. The minimum absolute atomic E-state index is 0.257. The van der Waals surface area contributed by atoms with Gasteiger partial charge in [0.15, 0.2) is 18.1 Å². The SMILES string of the molecule is Nc1nn2ccc(C(F)(F)F)nc2c1C(=O)Nc1cnccc1OCC(F)(F)F. The van der Waals surface area contributed by atoms with Gasteiger partial charge in [0.2, 0.25) is 0 Å². The van der Waals surface area contributed by atoms with Gasteiger partial charge in [0, 0.05) is 18.5 Å². The summed E-state index contributed by atoms with van der Waals surface area (Å²) in [5.41, 5.74) is 3.08. The van der Waals surface area contributed by atoms with Crippen molar-refractivity contribution in [2.24, 2.45) is 0 Å². The quantitative estimate of drug-likeness (QED) is 0.629. The summed E-state index contributed by atoms with van der Waals surface area (Å²) in [5, 5.41) is 5.89. The Morgan fingerprint density at radius 2 is 1.93 bits per heavy atom. The Labute approximate surface area is 157 Å². The van der Waals surface area contributed by atoms with Gasteiger partial charge in [-0.25, -0.2) is 9.50 Å². The third-order valence-corrected chi connectivity index (χ3v) is 3.45. The summed E-state index contributed by atoms with van der Waals surface area (Å²) in [5.74, 6) is -1.85. The van der Waals surface area contributed by atoms with Crippen molar-refractivity contribution in [1.82, 2.24) is 19.6 Å². The normalized spacial score (nSPS) is 12.2. The average molecular weight is 420 g/mol. The number of nitrogens with zero attached hydrogens (tertiary/aromatic N) is 4. The molecular formula is C15H10F6N6O2. The Hall–Kier alpha value is -3.58. The number of ether oxygens (including phenoxy) is 1. The van der Waals surface area contributed by atoms with Gasteiger partial charge in [-0.05, 0) is 6.07 Å². The van der Waals surface area contributed by atoms with E-state index < -0.39 is 47.6 Å². The van der Waals surface area contributed by atoms with E-state index >= 15 is 0 Å². The number of nitrogen functional groups attached to an aromatic ring is 1. The first-order chi connectivity index (χ1) is 13.5. The number of hydrogen-bond acceptors (Lipinski definition) is 6. The van der Waals surface area contributed by atoms with E-state index in [0.29, 0.717) is 6.07 Å². The number of fused-ring (bicyclic) bond motifs is 1. The van der Waals surface area contributed by atoms with E-state index in [4.69, 9.17) is 5.73 Å². The molecule has 3 rings (SSSR count). The number of nitrogens with one attached hydrogen (secondary N) is 1. The number of pyridine rings is 1. The lowest BCUT2D eigenvalue weighted by Crippen LogP contribution is -2.20. The topological polar surface area (TPSA) is 107 Å². The number of amides is 1. The second-order valence-electron chi connectivity index (χ2n) is 5.57. The molecule has 154 valence electrons. The molecule has 0 unspecified atom stereocenters. The van der Waals surface area contributed by atoms with Crippen molar-refractivity contribution in [2.45, 2.75) is 12.4 Å². The molecule has 0 saturated heterocycles. The summed E-state index contributed by atoms with van der Waals surface area (Å²) >= 11 is 0. The smallest absolute Gasteiger partial charge is 0.433 e. The zero-order valence-electron chi connectivity index (χ0n) is 14.0. The molecule has 0 aliphatic heterocycles. The Morgan fingerprint density at radius 3 is 2.59 bits per heavy atom. The summed E-state index contributed by atoms with van der Waals surface area (Å²) in [6.07, 6.45) is -6.37. The Morgan fingerprint density at radius 1 is 1.21 bits per heavy atom. The number of aromatic nitrogens is 4. The number of anilines is 2. The fourth-order valence-electron chi connectivity index (χ4n) is 2.27. The fourth-order valence-corrected chi connectivity index (χ4v) is 2.27. The molecule has 0 fully saturated rings. The molecule has 0 radical (unpaired) electrons. The lowest BCUT2D eigenvalue weighted by Gasteiger charge is -2.13. The summed E-state index contributed by atoms with van der Waals surface area (Å²) in [6, 6.07) is 1.71. The van der Waals surface area contributed by atoms with E-state index in [2.05, 4.69) is 25.1 Å². The van der Waals surface area contributed by atoms with E-state index in [1.54, 1.807) is 0 Å². The molecule has 0 spiro atoms. The van der Waals surface area contributed by atoms with Crippen LogP contribution in [0.15, 0.2) is 30.7 Å². The number of carbonyl (C=O) groups excluding carboxylic acids is 1.